The van der Waals surface area contributed by atoms with Gasteiger partial charge in [-0.05, 0) is 39.9 Å². The second-order valence-electron chi connectivity index (χ2n) is 6.16. The number of fused-ring (bicyclic) bond motifs is 1. The third kappa shape index (κ3) is 3.19. The van der Waals surface area contributed by atoms with Gasteiger partial charge < -0.3 is 19.9 Å². The average Bonchev–Trinajstić information content (AvgIpc) is 3.14. The molecule has 6 heteroatoms. The van der Waals surface area contributed by atoms with Crippen molar-refractivity contribution in [2.45, 2.75) is 32.4 Å². The number of aromatic amines is 1. The van der Waals surface area contributed by atoms with Crippen LogP contribution in [-0.2, 0) is 11.3 Å². The molecule has 2 aromatic heterocycles. The fourth-order valence-corrected chi connectivity index (χ4v) is 3.92. The summed E-state index contributed by atoms with van der Waals surface area (Å²) in [7, 11) is 4.04. The summed E-state index contributed by atoms with van der Waals surface area (Å²) in [6.45, 7) is 4.24. The highest BCUT2D eigenvalue weighted by molar-refractivity contribution is 7.19. The second kappa shape index (κ2) is 6.40. The summed E-state index contributed by atoms with van der Waals surface area (Å²) in [5.41, 5.74) is 2.83. The monoisotopic (exact) mass is 321 g/mol. The number of hydrogen-bond acceptors (Lipinski definition) is 4. The Hall–Kier alpha value is -1.37. The molecule has 2 N–H and O–H groups in total. The quantitative estimate of drug-likeness (QED) is 0.889. The van der Waals surface area contributed by atoms with E-state index in [2.05, 4.69) is 28.2 Å². The van der Waals surface area contributed by atoms with Crippen LogP contribution in [0, 0.1) is 6.92 Å². The van der Waals surface area contributed by atoms with Gasteiger partial charge >= 0.3 is 0 Å². The van der Waals surface area contributed by atoms with E-state index in [0.717, 1.165) is 37.1 Å². The smallest absolute Gasteiger partial charge is 0.268 e. The van der Waals surface area contributed by atoms with Crippen LogP contribution in [-0.4, -0.2) is 49.1 Å². The molecule has 3 rings (SSSR count). The van der Waals surface area contributed by atoms with Crippen LogP contribution < -0.4 is 5.32 Å². The van der Waals surface area contributed by atoms with Gasteiger partial charge in [0.2, 0.25) is 0 Å². The summed E-state index contributed by atoms with van der Waals surface area (Å²) < 4.78 is 6.75. The van der Waals surface area contributed by atoms with Gasteiger partial charge in [0.05, 0.1) is 16.3 Å². The first-order valence-corrected chi connectivity index (χ1v) is 8.51. The van der Waals surface area contributed by atoms with Crippen LogP contribution in [0.2, 0.25) is 0 Å². The number of aromatic nitrogens is 1. The second-order valence-corrected chi connectivity index (χ2v) is 7.42. The summed E-state index contributed by atoms with van der Waals surface area (Å²) in [6, 6.07) is 2.11. The lowest BCUT2D eigenvalue weighted by atomic mass is 10.2. The maximum absolute atomic E-state index is 12.5. The highest BCUT2D eigenvalue weighted by Gasteiger charge is 2.22. The van der Waals surface area contributed by atoms with Crippen molar-refractivity contribution >= 4 is 27.5 Å². The molecule has 0 spiro atoms. The van der Waals surface area contributed by atoms with Crippen molar-refractivity contribution in [1.82, 2.24) is 15.2 Å². The Morgan fingerprint density at radius 2 is 2.36 bits per heavy atom. The van der Waals surface area contributed by atoms with E-state index >= 15 is 0 Å². The number of nitrogens with one attached hydrogen (secondary N) is 2. The molecule has 1 fully saturated rings. The maximum Gasteiger partial charge on any atom is 0.268 e. The van der Waals surface area contributed by atoms with Gasteiger partial charge in [-0.3, -0.25) is 4.79 Å². The highest BCUT2D eigenvalue weighted by atomic mass is 32.1. The van der Waals surface area contributed by atoms with E-state index in [9.17, 15) is 4.79 Å². The molecule has 5 nitrogen and oxygen atoms in total. The van der Waals surface area contributed by atoms with Crippen LogP contribution in [0.4, 0.5) is 0 Å². The van der Waals surface area contributed by atoms with Crippen molar-refractivity contribution < 1.29 is 9.53 Å². The zero-order valence-corrected chi connectivity index (χ0v) is 14.2. The van der Waals surface area contributed by atoms with Gasteiger partial charge in [-0.1, -0.05) is 0 Å². The number of H-pyrrole nitrogens is 1. The molecule has 0 bridgehead atoms. The molecule has 22 heavy (non-hydrogen) atoms. The number of carbonyl (C=O) groups excluding carboxylic acids is 1. The van der Waals surface area contributed by atoms with E-state index in [1.165, 1.54) is 9.58 Å². The van der Waals surface area contributed by atoms with Gasteiger partial charge in [0, 0.05) is 30.1 Å². The number of nitrogens with zero attached hydrogens (tertiary/aromatic N) is 1. The predicted molar refractivity (Wildman–Crippen MR) is 89.6 cm³/mol. The summed E-state index contributed by atoms with van der Waals surface area (Å²) in [4.78, 5) is 19.2. The van der Waals surface area contributed by atoms with Crippen molar-refractivity contribution in [3.05, 3.63) is 22.2 Å². The van der Waals surface area contributed by atoms with Crippen LogP contribution >= 0.6 is 11.3 Å². The SMILES string of the molecule is Cc1cc2[nH]c(C(=O)NCC3CCCO3)c(CN(C)C)c2s1. The van der Waals surface area contributed by atoms with Gasteiger partial charge in [-0.2, -0.15) is 0 Å². The Balaban J connectivity index is 1.81. The molecule has 2 aromatic rings. The summed E-state index contributed by atoms with van der Waals surface area (Å²) in [5.74, 6) is -0.0339. The fraction of sp³-hybridized carbons (Fsp3) is 0.562. The maximum atomic E-state index is 12.5. The number of ether oxygens (including phenoxy) is 1. The van der Waals surface area contributed by atoms with E-state index in [1.807, 2.05) is 14.1 Å². The van der Waals surface area contributed by atoms with E-state index < -0.39 is 0 Å². The Morgan fingerprint density at radius 1 is 1.55 bits per heavy atom. The lowest BCUT2D eigenvalue weighted by molar-refractivity contribution is 0.0853. The molecule has 0 radical (unpaired) electrons. The van der Waals surface area contributed by atoms with Gasteiger partial charge in [0.1, 0.15) is 5.69 Å². The number of hydrogen-bond donors (Lipinski definition) is 2. The van der Waals surface area contributed by atoms with Gasteiger partial charge in [-0.15, -0.1) is 11.3 Å². The molecule has 1 atom stereocenters. The lowest BCUT2D eigenvalue weighted by Crippen LogP contribution is -2.32. The van der Waals surface area contributed by atoms with Crippen molar-refractivity contribution in [2.75, 3.05) is 27.2 Å². The molecule has 1 amide bonds. The first-order valence-electron chi connectivity index (χ1n) is 7.70. The first kappa shape index (κ1) is 15.5. The van der Waals surface area contributed by atoms with Crippen LogP contribution in [0.15, 0.2) is 6.07 Å². The molecule has 1 aliphatic rings. The largest absolute Gasteiger partial charge is 0.376 e. The Bertz CT molecular complexity index is 668. The van der Waals surface area contributed by atoms with Crippen molar-refractivity contribution in [1.29, 1.82) is 0 Å². The minimum Gasteiger partial charge on any atom is -0.376 e. The zero-order chi connectivity index (χ0) is 15.7. The number of aryl methyl sites for hydroxylation is 1. The minimum atomic E-state index is -0.0339. The predicted octanol–water partition coefficient (Wildman–Crippen LogP) is 2.51. The number of rotatable bonds is 5. The Kier molecular flexibility index (Phi) is 4.52. The summed E-state index contributed by atoms with van der Waals surface area (Å²) in [5, 5.41) is 3.01. The molecule has 1 unspecified atom stereocenters. The fourth-order valence-electron chi connectivity index (χ4n) is 2.92. The van der Waals surface area contributed by atoms with E-state index in [0.29, 0.717) is 12.2 Å². The zero-order valence-electron chi connectivity index (χ0n) is 13.4. The first-order chi connectivity index (χ1) is 10.5. The highest BCUT2D eigenvalue weighted by Crippen LogP contribution is 2.31. The van der Waals surface area contributed by atoms with Crippen molar-refractivity contribution in [2.24, 2.45) is 0 Å². The minimum absolute atomic E-state index is 0.0339. The normalized spacial score (nSPS) is 18.5. The molecule has 0 aliphatic carbocycles. The van der Waals surface area contributed by atoms with E-state index in [1.54, 1.807) is 11.3 Å². The molecule has 0 saturated carbocycles. The summed E-state index contributed by atoms with van der Waals surface area (Å²) in [6.07, 6.45) is 2.29. The Morgan fingerprint density at radius 3 is 3.05 bits per heavy atom. The molecular formula is C16H23N3O2S. The van der Waals surface area contributed by atoms with E-state index in [-0.39, 0.29) is 12.0 Å². The third-order valence-electron chi connectivity index (χ3n) is 3.91. The topological polar surface area (TPSA) is 57.4 Å². The van der Waals surface area contributed by atoms with Crippen LogP contribution in [0.3, 0.4) is 0 Å². The molecule has 3 heterocycles. The van der Waals surface area contributed by atoms with Gasteiger partial charge in [0.25, 0.3) is 5.91 Å². The van der Waals surface area contributed by atoms with Crippen LogP contribution in [0.5, 0.6) is 0 Å². The standard InChI is InChI=1S/C16H23N3O2S/c1-10-7-13-15(22-10)12(9-19(2)3)14(18-13)16(20)17-8-11-5-4-6-21-11/h7,11,18H,4-6,8-9H2,1-3H3,(H,17,20). The van der Waals surface area contributed by atoms with Crippen molar-refractivity contribution in [3.63, 3.8) is 0 Å². The molecular weight excluding hydrogens is 298 g/mol. The summed E-state index contributed by atoms with van der Waals surface area (Å²) >= 11 is 1.74. The van der Waals surface area contributed by atoms with Crippen molar-refractivity contribution in [3.8, 4) is 0 Å². The molecule has 1 saturated heterocycles. The number of carbonyl (C=O) groups is 1. The number of amides is 1. The van der Waals surface area contributed by atoms with Crippen LogP contribution in [0.25, 0.3) is 10.2 Å². The molecule has 120 valence electrons. The van der Waals surface area contributed by atoms with Crippen LogP contribution in [0.1, 0.15) is 33.8 Å². The van der Waals surface area contributed by atoms with Gasteiger partial charge in [0.15, 0.2) is 0 Å². The lowest BCUT2D eigenvalue weighted by Gasteiger charge is -2.13. The Labute approximate surface area is 134 Å². The third-order valence-corrected chi connectivity index (χ3v) is 5.02. The molecule has 1 aliphatic heterocycles. The van der Waals surface area contributed by atoms with E-state index in [4.69, 9.17) is 4.74 Å². The molecule has 0 aromatic carbocycles. The average molecular weight is 321 g/mol. The van der Waals surface area contributed by atoms with Gasteiger partial charge in [-0.25, -0.2) is 0 Å². The number of thiophene rings is 1.